The first kappa shape index (κ1) is 18.8. The number of carbonyl (C=O) groups excluding carboxylic acids is 1. The minimum Gasteiger partial charge on any atom is -0.354 e. The molecule has 4 aromatic rings. The topological polar surface area (TPSA) is 32.9 Å². The zero-order chi connectivity index (χ0) is 19.8. The maximum atomic E-state index is 12.8. The zero-order valence-electron chi connectivity index (χ0n) is 15.6. The molecular formula is C24H19Cl2NO. The Balaban J connectivity index is 1.66. The molecule has 0 bridgehead atoms. The van der Waals surface area contributed by atoms with Gasteiger partial charge in [0.05, 0.1) is 10.0 Å². The minimum atomic E-state index is 0.0945. The number of ketones is 1. The lowest BCUT2D eigenvalue weighted by Crippen LogP contribution is -2.03. The van der Waals surface area contributed by atoms with Crippen molar-refractivity contribution in [2.75, 3.05) is 0 Å². The number of benzene rings is 3. The van der Waals surface area contributed by atoms with E-state index in [2.05, 4.69) is 31.0 Å². The molecule has 4 rings (SSSR count). The van der Waals surface area contributed by atoms with Crippen molar-refractivity contribution in [1.29, 1.82) is 0 Å². The molecule has 0 saturated heterocycles. The van der Waals surface area contributed by atoms with Gasteiger partial charge in [-0.2, -0.15) is 0 Å². The van der Waals surface area contributed by atoms with E-state index in [0.29, 0.717) is 22.0 Å². The smallest absolute Gasteiger partial charge is 0.167 e. The highest BCUT2D eigenvalue weighted by Crippen LogP contribution is 2.35. The van der Waals surface area contributed by atoms with Crippen molar-refractivity contribution < 1.29 is 4.79 Å². The summed E-state index contributed by atoms with van der Waals surface area (Å²) in [4.78, 5) is 16.1. The number of hydrogen-bond acceptors (Lipinski definition) is 1. The zero-order valence-corrected chi connectivity index (χ0v) is 17.2. The number of Topliss-reactive ketones (excluding diaryl/α,β-unsaturated/α-hetero) is 1. The van der Waals surface area contributed by atoms with Gasteiger partial charge in [0.15, 0.2) is 5.78 Å². The van der Waals surface area contributed by atoms with Crippen molar-refractivity contribution in [1.82, 2.24) is 4.98 Å². The van der Waals surface area contributed by atoms with Gasteiger partial charge in [-0.3, -0.25) is 4.79 Å². The largest absolute Gasteiger partial charge is 0.354 e. The molecule has 0 amide bonds. The van der Waals surface area contributed by atoms with E-state index in [1.54, 1.807) is 0 Å². The normalized spacial score (nSPS) is 11.1. The van der Waals surface area contributed by atoms with Crippen molar-refractivity contribution in [2.24, 2.45) is 0 Å². The lowest BCUT2D eigenvalue weighted by atomic mass is 9.99. The molecule has 0 fully saturated rings. The summed E-state index contributed by atoms with van der Waals surface area (Å²) in [5.41, 5.74) is 6.64. The second-order valence-corrected chi connectivity index (χ2v) is 7.91. The molecule has 1 aromatic heterocycles. The summed E-state index contributed by atoms with van der Waals surface area (Å²) in [6, 6.07) is 19.3. The predicted molar refractivity (Wildman–Crippen MR) is 118 cm³/mol. The number of hydrogen-bond donors (Lipinski definition) is 1. The van der Waals surface area contributed by atoms with Crippen LogP contribution in [-0.2, 0) is 6.42 Å². The van der Waals surface area contributed by atoms with E-state index in [9.17, 15) is 4.79 Å². The molecule has 4 heteroatoms. The molecule has 1 heterocycles. The van der Waals surface area contributed by atoms with Crippen LogP contribution in [-0.4, -0.2) is 10.8 Å². The van der Waals surface area contributed by atoms with Crippen molar-refractivity contribution in [2.45, 2.75) is 20.3 Å². The number of nitrogens with one attached hydrogen (secondary N) is 1. The molecule has 0 radical (unpaired) electrons. The highest BCUT2D eigenvalue weighted by Gasteiger charge is 2.13. The molecule has 3 aromatic carbocycles. The number of fused-ring (bicyclic) bond motifs is 1. The molecule has 28 heavy (non-hydrogen) atoms. The fraction of sp³-hybridized carbons (Fsp3) is 0.125. The monoisotopic (exact) mass is 407 g/mol. The summed E-state index contributed by atoms with van der Waals surface area (Å²) < 4.78 is 0. The van der Waals surface area contributed by atoms with Gasteiger partial charge in [0, 0.05) is 34.1 Å². The first-order chi connectivity index (χ1) is 13.4. The van der Waals surface area contributed by atoms with Crippen LogP contribution < -0.4 is 0 Å². The van der Waals surface area contributed by atoms with Gasteiger partial charge in [-0.25, -0.2) is 0 Å². The average molecular weight is 408 g/mol. The maximum absolute atomic E-state index is 12.8. The van der Waals surface area contributed by atoms with Crippen LogP contribution in [0.3, 0.4) is 0 Å². The molecular weight excluding hydrogens is 389 g/mol. The highest BCUT2D eigenvalue weighted by atomic mass is 35.5. The molecule has 140 valence electrons. The molecule has 0 aliphatic heterocycles. The van der Waals surface area contributed by atoms with Gasteiger partial charge in [0.2, 0.25) is 0 Å². The molecule has 1 N–H and O–H groups in total. The number of aromatic nitrogens is 1. The Hall–Kier alpha value is -2.55. The summed E-state index contributed by atoms with van der Waals surface area (Å²) in [5.74, 6) is 0.0945. The maximum Gasteiger partial charge on any atom is 0.167 e. The summed E-state index contributed by atoms with van der Waals surface area (Å²) in [7, 11) is 0. The lowest BCUT2D eigenvalue weighted by Gasteiger charge is -2.05. The van der Waals surface area contributed by atoms with E-state index in [0.717, 1.165) is 27.7 Å². The molecule has 0 spiro atoms. The van der Waals surface area contributed by atoms with E-state index in [4.69, 9.17) is 23.2 Å². The van der Waals surface area contributed by atoms with Gasteiger partial charge >= 0.3 is 0 Å². The van der Waals surface area contributed by atoms with Crippen molar-refractivity contribution in [3.8, 4) is 11.3 Å². The Morgan fingerprint density at radius 1 is 0.893 bits per heavy atom. The SMILES string of the molecule is Cc1ccc(CC(=O)c2ccc3cc(-c4c(Cl)cccc4Cl)[nH]c3c2)cc1C. The van der Waals surface area contributed by atoms with E-state index in [1.807, 2.05) is 48.5 Å². The number of halogens is 2. The van der Waals surface area contributed by atoms with Gasteiger partial charge in [0.1, 0.15) is 0 Å². The molecule has 0 aliphatic carbocycles. The van der Waals surface area contributed by atoms with Gasteiger partial charge in [-0.15, -0.1) is 0 Å². The first-order valence-electron chi connectivity index (χ1n) is 9.09. The van der Waals surface area contributed by atoms with Crippen LogP contribution in [0.1, 0.15) is 27.0 Å². The van der Waals surface area contributed by atoms with Crippen LogP contribution >= 0.6 is 23.2 Å². The Labute approximate surface area is 174 Å². The van der Waals surface area contributed by atoms with E-state index in [1.165, 1.54) is 11.1 Å². The van der Waals surface area contributed by atoms with Crippen molar-refractivity contribution >= 4 is 39.9 Å². The quantitative estimate of drug-likeness (QED) is 0.356. The summed E-state index contributed by atoms with van der Waals surface area (Å²) in [6.45, 7) is 4.14. The van der Waals surface area contributed by atoms with Crippen molar-refractivity contribution in [3.63, 3.8) is 0 Å². The van der Waals surface area contributed by atoms with Crippen LogP contribution in [0.25, 0.3) is 22.2 Å². The number of rotatable bonds is 4. The minimum absolute atomic E-state index is 0.0945. The van der Waals surface area contributed by atoms with E-state index >= 15 is 0 Å². The molecule has 0 unspecified atom stereocenters. The van der Waals surface area contributed by atoms with Crippen LogP contribution in [0.15, 0.2) is 60.7 Å². The molecule has 2 nitrogen and oxygen atoms in total. The van der Waals surface area contributed by atoms with Crippen LogP contribution in [0.4, 0.5) is 0 Å². The third-order valence-corrected chi connectivity index (χ3v) is 5.74. The molecule has 0 saturated carbocycles. The Morgan fingerprint density at radius 3 is 2.36 bits per heavy atom. The Morgan fingerprint density at radius 2 is 1.64 bits per heavy atom. The van der Waals surface area contributed by atoms with Gasteiger partial charge in [-0.1, -0.05) is 59.6 Å². The summed E-state index contributed by atoms with van der Waals surface area (Å²) in [6.07, 6.45) is 0.385. The first-order valence-corrected chi connectivity index (χ1v) is 9.84. The fourth-order valence-corrected chi connectivity index (χ4v) is 3.99. The Bertz CT molecular complexity index is 1190. The van der Waals surface area contributed by atoms with Gasteiger partial charge in [-0.05, 0) is 54.8 Å². The number of aryl methyl sites for hydroxylation is 2. The van der Waals surface area contributed by atoms with E-state index < -0.39 is 0 Å². The molecule has 0 aliphatic rings. The fourth-order valence-electron chi connectivity index (χ4n) is 3.39. The summed E-state index contributed by atoms with van der Waals surface area (Å²) in [5, 5.41) is 2.18. The average Bonchev–Trinajstić information content (AvgIpc) is 3.07. The van der Waals surface area contributed by atoms with Gasteiger partial charge < -0.3 is 4.98 Å². The standard InChI is InChI=1S/C24H19Cl2NO/c1-14-6-7-16(10-15(14)2)11-23(28)18-9-8-17-12-22(27-21(17)13-18)24-19(25)4-3-5-20(24)26/h3-10,12-13,27H,11H2,1-2H3. The van der Waals surface area contributed by atoms with Crippen LogP contribution in [0.2, 0.25) is 10.0 Å². The lowest BCUT2D eigenvalue weighted by molar-refractivity contribution is 0.0993. The van der Waals surface area contributed by atoms with E-state index in [-0.39, 0.29) is 5.78 Å². The highest BCUT2D eigenvalue weighted by molar-refractivity contribution is 6.39. The predicted octanol–water partition coefficient (Wildman–Crippen LogP) is 7.18. The third-order valence-electron chi connectivity index (χ3n) is 5.11. The number of H-pyrrole nitrogens is 1. The van der Waals surface area contributed by atoms with Gasteiger partial charge in [0.25, 0.3) is 0 Å². The Kier molecular flexibility index (Phi) is 5.01. The summed E-state index contributed by atoms with van der Waals surface area (Å²) >= 11 is 12.7. The van der Waals surface area contributed by atoms with Crippen LogP contribution in [0, 0.1) is 13.8 Å². The number of carbonyl (C=O) groups is 1. The van der Waals surface area contributed by atoms with Crippen molar-refractivity contribution in [3.05, 3.63) is 93.0 Å². The second-order valence-electron chi connectivity index (χ2n) is 7.10. The second kappa shape index (κ2) is 7.46. The third kappa shape index (κ3) is 3.58. The number of aromatic amines is 1. The molecule has 0 atom stereocenters. The van der Waals surface area contributed by atoms with Crippen LogP contribution in [0.5, 0.6) is 0 Å².